The van der Waals surface area contributed by atoms with E-state index in [-0.39, 0.29) is 5.41 Å². The van der Waals surface area contributed by atoms with Crippen LogP contribution in [-0.2, 0) is 4.79 Å². The number of hydrogen-bond donors (Lipinski definition) is 0. The Morgan fingerprint density at radius 3 is 2.29 bits per heavy atom. The highest BCUT2D eigenvalue weighted by atomic mass is 16.1. The molecule has 0 spiro atoms. The lowest BCUT2D eigenvalue weighted by molar-refractivity contribution is -0.123. The molecule has 0 aliphatic heterocycles. The van der Waals surface area contributed by atoms with E-state index in [0.29, 0.717) is 12.2 Å². The number of hydrogen-bond acceptors (Lipinski definition) is 1. The summed E-state index contributed by atoms with van der Waals surface area (Å²) in [6, 6.07) is 18.9. The first kappa shape index (κ1) is 13.8. The normalized spacial score (nSPS) is 19.1. The van der Waals surface area contributed by atoms with Crippen LogP contribution >= 0.6 is 0 Å². The summed E-state index contributed by atoms with van der Waals surface area (Å²) in [7, 11) is 0. The highest BCUT2D eigenvalue weighted by molar-refractivity contribution is 5.92. The van der Waals surface area contributed by atoms with E-state index in [1.807, 2.05) is 19.9 Å². The molecule has 1 aliphatic carbocycles. The second kappa shape index (κ2) is 5.33. The van der Waals surface area contributed by atoms with Gasteiger partial charge in [-0.25, -0.2) is 0 Å². The smallest absolute Gasteiger partial charge is 0.142 e. The van der Waals surface area contributed by atoms with E-state index in [9.17, 15) is 4.79 Å². The summed E-state index contributed by atoms with van der Waals surface area (Å²) in [4.78, 5) is 11.9. The summed E-state index contributed by atoms with van der Waals surface area (Å²) in [6.07, 6.45) is 3.76. The maximum atomic E-state index is 11.9. The topological polar surface area (TPSA) is 17.1 Å². The number of carbonyl (C=O) groups is 1. The molecule has 3 rings (SSSR count). The Balaban J connectivity index is 1.96. The maximum Gasteiger partial charge on any atom is 0.142 e. The Labute approximate surface area is 126 Å². The minimum atomic E-state index is -0.303. The molecule has 1 nitrogen and oxygen atoms in total. The van der Waals surface area contributed by atoms with Crippen LogP contribution in [0.4, 0.5) is 0 Å². The van der Waals surface area contributed by atoms with Crippen LogP contribution < -0.4 is 0 Å². The first-order valence-corrected chi connectivity index (χ1v) is 7.47. The second-order valence-electron chi connectivity index (χ2n) is 6.21. The summed E-state index contributed by atoms with van der Waals surface area (Å²) in [5, 5.41) is 0. The lowest BCUT2D eigenvalue weighted by Crippen LogP contribution is -2.18. The largest absolute Gasteiger partial charge is 0.299 e. The van der Waals surface area contributed by atoms with Crippen molar-refractivity contribution in [3.05, 3.63) is 65.7 Å². The lowest BCUT2D eigenvalue weighted by Gasteiger charge is -2.18. The maximum absolute atomic E-state index is 11.9. The minimum Gasteiger partial charge on any atom is -0.299 e. The average molecular weight is 276 g/mol. The fourth-order valence-electron chi connectivity index (χ4n) is 2.94. The highest BCUT2D eigenvalue weighted by Crippen LogP contribution is 2.40. The Bertz CT molecular complexity index is 693. The molecule has 21 heavy (non-hydrogen) atoms. The van der Waals surface area contributed by atoms with Crippen molar-refractivity contribution >= 4 is 11.9 Å². The van der Waals surface area contributed by atoms with Crippen LogP contribution in [0.2, 0.25) is 0 Å². The first-order valence-electron chi connectivity index (χ1n) is 7.47. The van der Waals surface area contributed by atoms with Crippen LogP contribution in [0.25, 0.3) is 17.2 Å². The molecule has 0 amide bonds. The van der Waals surface area contributed by atoms with Gasteiger partial charge in [0.15, 0.2) is 0 Å². The molecule has 1 fully saturated rings. The molecule has 0 N–H and O–H groups in total. The van der Waals surface area contributed by atoms with Gasteiger partial charge in [-0.05, 0) is 43.0 Å². The van der Waals surface area contributed by atoms with Crippen molar-refractivity contribution in [1.29, 1.82) is 0 Å². The molecule has 2 aromatic carbocycles. The molecule has 1 heteroatoms. The fraction of sp³-hybridized carbons (Fsp3) is 0.250. The number of carbonyl (C=O) groups excluding carboxylic acids is 1. The quantitative estimate of drug-likeness (QED) is 0.743. The molecular formula is C20H20O. The Morgan fingerprint density at radius 2 is 1.62 bits per heavy atom. The molecule has 0 aromatic heterocycles. The van der Waals surface area contributed by atoms with E-state index >= 15 is 0 Å². The van der Waals surface area contributed by atoms with Crippen LogP contribution in [0.1, 0.15) is 32.3 Å². The van der Waals surface area contributed by atoms with Gasteiger partial charge >= 0.3 is 0 Å². The van der Waals surface area contributed by atoms with Crippen molar-refractivity contribution < 1.29 is 4.79 Å². The van der Waals surface area contributed by atoms with Gasteiger partial charge in [-0.3, -0.25) is 4.79 Å². The van der Waals surface area contributed by atoms with Gasteiger partial charge in [0.25, 0.3) is 0 Å². The third-order valence-electron chi connectivity index (χ3n) is 4.46. The number of rotatable bonds is 2. The number of benzene rings is 2. The van der Waals surface area contributed by atoms with Crippen molar-refractivity contribution in [2.45, 2.75) is 26.7 Å². The van der Waals surface area contributed by atoms with Gasteiger partial charge < -0.3 is 0 Å². The molecule has 1 aliphatic rings. The van der Waals surface area contributed by atoms with Gasteiger partial charge in [0, 0.05) is 11.8 Å². The van der Waals surface area contributed by atoms with Crippen LogP contribution in [0.3, 0.4) is 0 Å². The Kier molecular flexibility index (Phi) is 3.50. The molecule has 0 saturated heterocycles. The number of Topliss-reactive ketones (excluding diaryl/α,β-unsaturated/α-hetero) is 1. The van der Waals surface area contributed by atoms with Crippen molar-refractivity contribution in [2.75, 3.05) is 0 Å². The molecule has 2 aromatic rings. The molecule has 0 radical (unpaired) electrons. The third kappa shape index (κ3) is 2.69. The van der Waals surface area contributed by atoms with Crippen LogP contribution in [0.15, 0.2) is 60.2 Å². The van der Waals surface area contributed by atoms with E-state index < -0.39 is 0 Å². The third-order valence-corrected chi connectivity index (χ3v) is 4.46. The molecule has 0 unspecified atom stereocenters. The summed E-state index contributed by atoms with van der Waals surface area (Å²) < 4.78 is 0. The number of allylic oxidation sites excluding steroid dienone is 1. The van der Waals surface area contributed by atoms with E-state index in [1.54, 1.807) is 0 Å². The van der Waals surface area contributed by atoms with Crippen molar-refractivity contribution in [3.63, 3.8) is 0 Å². The first-order chi connectivity index (χ1) is 10.1. The predicted molar refractivity (Wildman–Crippen MR) is 87.9 cm³/mol. The second-order valence-corrected chi connectivity index (χ2v) is 6.21. The van der Waals surface area contributed by atoms with Gasteiger partial charge in [0.1, 0.15) is 5.78 Å². The van der Waals surface area contributed by atoms with Crippen molar-refractivity contribution in [1.82, 2.24) is 0 Å². The van der Waals surface area contributed by atoms with Crippen LogP contribution in [-0.4, -0.2) is 5.78 Å². The van der Waals surface area contributed by atoms with Gasteiger partial charge in [0.05, 0.1) is 0 Å². The summed E-state index contributed by atoms with van der Waals surface area (Å²) in [5.41, 5.74) is 4.56. The van der Waals surface area contributed by atoms with Gasteiger partial charge in [-0.2, -0.15) is 0 Å². The zero-order valence-electron chi connectivity index (χ0n) is 12.6. The van der Waals surface area contributed by atoms with E-state index in [1.165, 1.54) is 22.3 Å². The minimum absolute atomic E-state index is 0.303. The summed E-state index contributed by atoms with van der Waals surface area (Å²) >= 11 is 0. The SMILES string of the molecule is CC1(C)C(=O)CCC1=Cc1cccc(-c2ccccc2)c1. The standard InChI is InChI=1S/C20H20O/c1-20(2)18(11-12-19(20)21)14-15-7-6-10-17(13-15)16-8-4-3-5-9-16/h3-10,13-14H,11-12H2,1-2H3. The lowest BCUT2D eigenvalue weighted by atomic mass is 9.85. The predicted octanol–water partition coefficient (Wildman–Crippen LogP) is 5.13. The van der Waals surface area contributed by atoms with Gasteiger partial charge in [0.2, 0.25) is 0 Å². The van der Waals surface area contributed by atoms with Crippen LogP contribution in [0, 0.1) is 5.41 Å². The number of ketones is 1. The van der Waals surface area contributed by atoms with Crippen molar-refractivity contribution in [3.8, 4) is 11.1 Å². The zero-order valence-corrected chi connectivity index (χ0v) is 12.6. The monoisotopic (exact) mass is 276 g/mol. The van der Waals surface area contributed by atoms with Crippen molar-refractivity contribution in [2.24, 2.45) is 5.41 Å². The Hall–Kier alpha value is -2.15. The van der Waals surface area contributed by atoms with Crippen LogP contribution in [0.5, 0.6) is 0 Å². The summed E-state index contributed by atoms with van der Waals surface area (Å²) in [5.74, 6) is 0.355. The highest BCUT2D eigenvalue weighted by Gasteiger charge is 2.36. The Morgan fingerprint density at radius 1 is 0.905 bits per heavy atom. The molecular weight excluding hydrogens is 256 g/mol. The van der Waals surface area contributed by atoms with Gasteiger partial charge in [-0.15, -0.1) is 0 Å². The molecule has 0 heterocycles. The average Bonchev–Trinajstić information content (AvgIpc) is 2.75. The fourth-order valence-corrected chi connectivity index (χ4v) is 2.94. The van der Waals surface area contributed by atoms with E-state index in [0.717, 1.165) is 6.42 Å². The molecule has 0 bridgehead atoms. The molecule has 0 atom stereocenters. The van der Waals surface area contributed by atoms with E-state index in [2.05, 4.69) is 54.6 Å². The van der Waals surface area contributed by atoms with E-state index in [4.69, 9.17) is 0 Å². The zero-order chi connectivity index (χ0) is 14.9. The molecule has 106 valence electrons. The molecule has 1 saturated carbocycles. The van der Waals surface area contributed by atoms with Gasteiger partial charge in [-0.1, -0.05) is 60.2 Å². The summed E-state index contributed by atoms with van der Waals surface area (Å²) in [6.45, 7) is 4.07.